The van der Waals surface area contributed by atoms with Crippen LogP contribution in [-0.2, 0) is 0 Å². The van der Waals surface area contributed by atoms with Crippen molar-refractivity contribution in [1.82, 2.24) is 15.1 Å². The molecule has 114 valence electrons. The van der Waals surface area contributed by atoms with Gasteiger partial charge < -0.3 is 14.4 Å². The van der Waals surface area contributed by atoms with Crippen molar-refractivity contribution in [3.63, 3.8) is 0 Å². The summed E-state index contributed by atoms with van der Waals surface area (Å²) < 4.78 is 11.2. The number of hydrogen-bond acceptors (Lipinski definition) is 4. The highest BCUT2D eigenvalue weighted by Gasteiger charge is 2.31. The van der Waals surface area contributed by atoms with Crippen LogP contribution in [0.5, 0.6) is 11.5 Å². The van der Waals surface area contributed by atoms with Gasteiger partial charge in [0, 0.05) is 30.9 Å². The van der Waals surface area contributed by atoms with E-state index in [0.29, 0.717) is 42.7 Å². The largest absolute Gasteiger partial charge is 0.486 e. The number of hydrogen-bond donors (Lipinski definition) is 1. The quantitative estimate of drug-likeness (QED) is 0.918. The molecule has 1 saturated heterocycles. The second-order valence-electron chi connectivity index (χ2n) is 5.58. The Labute approximate surface area is 128 Å². The van der Waals surface area contributed by atoms with Crippen molar-refractivity contribution < 1.29 is 14.3 Å². The second kappa shape index (κ2) is 5.36. The molecule has 2 aliphatic heterocycles. The van der Waals surface area contributed by atoms with Crippen molar-refractivity contribution in [2.24, 2.45) is 0 Å². The number of amides is 1. The molecule has 6 nitrogen and oxygen atoms in total. The van der Waals surface area contributed by atoms with E-state index in [1.165, 1.54) is 0 Å². The maximum Gasteiger partial charge on any atom is 0.257 e. The lowest BCUT2D eigenvalue weighted by Gasteiger charge is -2.23. The van der Waals surface area contributed by atoms with E-state index in [4.69, 9.17) is 9.47 Å². The molecule has 0 radical (unpaired) electrons. The molecule has 4 rings (SSSR count). The number of fused-ring (bicyclic) bond motifs is 1. The lowest BCUT2D eigenvalue weighted by atomic mass is 10.1. The Morgan fingerprint density at radius 3 is 3.05 bits per heavy atom. The highest BCUT2D eigenvalue weighted by atomic mass is 16.6. The zero-order chi connectivity index (χ0) is 14.9. The highest BCUT2D eigenvalue weighted by molar-refractivity contribution is 5.98. The first-order chi connectivity index (χ1) is 10.8. The molecule has 1 atom stereocenters. The van der Waals surface area contributed by atoms with Crippen molar-refractivity contribution in [3.8, 4) is 11.5 Å². The van der Waals surface area contributed by atoms with E-state index < -0.39 is 0 Å². The second-order valence-corrected chi connectivity index (χ2v) is 5.58. The lowest BCUT2D eigenvalue weighted by Crippen LogP contribution is -2.29. The number of rotatable bonds is 2. The van der Waals surface area contributed by atoms with E-state index in [2.05, 4.69) is 10.2 Å². The van der Waals surface area contributed by atoms with Crippen LogP contribution in [0, 0.1) is 0 Å². The summed E-state index contributed by atoms with van der Waals surface area (Å²) in [6.45, 7) is 2.45. The van der Waals surface area contributed by atoms with Crippen LogP contribution in [0.2, 0.25) is 0 Å². The number of likely N-dealkylation sites (tertiary alicyclic amines) is 1. The third-order valence-electron chi connectivity index (χ3n) is 4.23. The molecule has 0 bridgehead atoms. The lowest BCUT2D eigenvalue weighted by molar-refractivity contribution is 0.0780. The zero-order valence-corrected chi connectivity index (χ0v) is 12.1. The van der Waals surface area contributed by atoms with Gasteiger partial charge in [-0.25, -0.2) is 0 Å². The Balaban J connectivity index is 1.56. The van der Waals surface area contributed by atoms with Gasteiger partial charge in [-0.3, -0.25) is 9.89 Å². The number of benzene rings is 1. The Morgan fingerprint density at radius 1 is 1.27 bits per heavy atom. The number of nitrogens with one attached hydrogen (secondary N) is 1. The molecule has 1 fully saturated rings. The summed E-state index contributed by atoms with van der Waals surface area (Å²) in [6, 6.07) is 7.45. The fourth-order valence-corrected chi connectivity index (χ4v) is 3.11. The summed E-state index contributed by atoms with van der Waals surface area (Å²) in [7, 11) is 0. The van der Waals surface area contributed by atoms with Gasteiger partial charge in [0.2, 0.25) is 0 Å². The smallest absolute Gasteiger partial charge is 0.257 e. The van der Waals surface area contributed by atoms with Gasteiger partial charge in [-0.15, -0.1) is 0 Å². The minimum absolute atomic E-state index is 0.00404. The number of nitrogens with zero attached hydrogens (tertiary/aromatic N) is 2. The van der Waals surface area contributed by atoms with Gasteiger partial charge >= 0.3 is 0 Å². The van der Waals surface area contributed by atoms with Gasteiger partial charge in [-0.2, -0.15) is 5.10 Å². The first-order valence-electron chi connectivity index (χ1n) is 7.50. The molecule has 0 spiro atoms. The number of ether oxygens (including phenoxy) is 2. The Hall–Kier alpha value is -2.50. The van der Waals surface area contributed by atoms with Crippen LogP contribution < -0.4 is 9.47 Å². The number of para-hydroxylation sites is 1. The van der Waals surface area contributed by atoms with E-state index >= 15 is 0 Å². The van der Waals surface area contributed by atoms with E-state index in [-0.39, 0.29) is 5.91 Å². The SMILES string of the molecule is O=C(c1cccc2c1OCCO2)N1CCC(c2ccn[nH]2)C1. The number of aromatic amines is 1. The van der Waals surface area contributed by atoms with Crippen LogP contribution in [-0.4, -0.2) is 47.3 Å². The summed E-state index contributed by atoms with van der Waals surface area (Å²) >= 11 is 0. The molecule has 22 heavy (non-hydrogen) atoms. The van der Waals surface area contributed by atoms with Crippen LogP contribution in [0.3, 0.4) is 0 Å². The predicted molar refractivity (Wildman–Crippen MR) is 79.3 cm³/mol. The molecule has 1 N–H and O–H groups in total. The summed E-state index contributed by atoms with van der Waals surface area (Å²) in [5, 5.41) is 6.98. The van der Waals surface area contributed by atoms with Crippen LogP contribution in [0.4, 0.5) is 0 Å². The number of carbonyl (C=O) groups is 1. The standard InChI is InChI=1S/C16H17N3O3/c20-16(12-2-1-3-14-15(12)22-9-8-21-14)19-7-5-11(10-19)13-4-6-17-18-13/h1-4,6,11H,5,7-10H2,(H,17,18). The average molecular weight is 299 g/mol. The first kappa shape index (κ1) is 13.2. The fraction of sp³-hybridized carbons (Fsp3) is 0.375. The first-order valence-corrected chi connectivity index (χ1v) is 7.50. The molecule has 3 heterocycles. The van der Waals surface area contributed by atoms with E-state index in [1.54, 1.807) is 12.3 Å². The van der Waals surface area contributed by atoms with E-state index in [9.17, 15) is 4.79 Å². The number of aromatic nitrogens is 2. The number of carbonyl (C=O) groups excluding carboxylic acids is 1. The molecular weight excluding hydrogens is 282 g/mol. The summed E-state index contributed by atoms with van der Waals surface area (Å²) in [5.41, 5.74) is 1.67. The minimum atomic E-state index is 0.00404. The van der Waals surface area contributed by atoms with E-state index in [1.807, 2.05) is 23.1 Å². The maximum atomic E-state index is 12.8. The molecule has 1 unspecified atom stereocenters. The molecule has 2 aromatic rings. The van der Waals surface area contributed by atoms with Crippen LogP contribution >= 0.6 is 0 Å². The van der Waals surface area contributed by atoms with Gasteiger partial charge in [0.05, 0.1) is 5.56 Å². The van der Waals surface area contributed by atoms with Gasteiger partial charge in [-0.05, 0) is 24.6 Å². The number of H-pyrrole nitrogens is 1. The van der Waals surface area contributed by atoms with Crippen LogP contribution in [0.15, 0.2) is 30.5 Å². The molecule has 6 heteroatoms. The Morgan fingerprint density at radius 2 is 2.18 bits per heavy atom. The molecule has 1 aromatic heterocycles. The molecule has 0 saturated carbocycles. The normalized spacial score (nSPS) is 20.2. The molecule has 1 aromatic carbocycles. The monoisotopic (exact) mass is 299 g/mol. The summed E-state index contributed by atoms with van der Waals surface area (Å²) in [6.07, 6.45) is 2.69. The van der Waals surface area contributed by atoms with Crippen molar-refractivity contribution in [2.45, 2.75) is 12.3 Å². The molecule has 2 aliphatic rings. The fourth-order valence-electron chi connectivity index (χ4n) is 3.11. The van der Waals surface area contributed by atoms with Gasteiger partial charge in [0.25, 0.3) is 5.91 Å². The zero-order valence-electron chi connectivity index (χ0n) is 12.1. The third-order valence-corrected chi connectivity index (χ3v) is 4.23. The molecular formula is C16H17N3O3. The Bertz CT molecular complexity index is 684. The van der Waals surface area contributed by atoms with Gasteiger partial charge in [0.15, 0.2) is 11.5 Å². The molecule has 1 amide bonds. The average Bonchev–Trinajstić information content (AvgIpc) is 3.24. The minimum Gasteiger partial charge on any atom is -0.486 e. The molecule has 0 aliphatic carbocycles. The van der Waals surface area contributed by atoms with Crippen molar-refractivity contribution in [1.29, 1.82) is 0 Å². The van der Waals surface area contributed by atoms with Crippen molar-refractivity contribution >= 4 is 5.91 Å². The third kappa shape index (κ3) is 2.20. The van der Waals surface area contributed by atoms with Gasteiger partial charge in [0.1, 0.15) is 13.2 Å². The van der Waals surface area contributed by atoms with Crippen LogP contribution in [0.1, 0.15) is 28.4 Å². The van der Waals surface area contributed by atoms with E-state index in [0.717, 1.165) is 18.7 Å². The topological polar surface area (TPSA) is 67.5 Å². The van der Waals surface area contributed by atoms with Crippen molar-refractivity contribution in [3.05, 3.63) is 41.7 Å². The maximum absolute atomic E-state index is 12.8. The van der Waals surface area contributed by atoms with Gasteiger partial charge in [-0.1, -0.05) is 6.07 Å². The predicted octanol–water partition coefficient (Wildman–Crippen LogP) is 1.81. The highest BCUT2D eigenvalue weighted by Crippen LogP contribution is 2.35. The summed E-state index contributed by atoms with van der Waals surface area (Å²) in [5.74, 6) is 1.55. The van der Waals surface area contributed by atoms with Crippen LogP contribution in [0.25, 0.3) is 0 Å². The van der Waals surface area contributed by atoms with Crippen molar-refractivity contribution in [2.75, 3.05) is 26.3 Å². The Kier molecular flexibility index (Phi) is 3.21. The summed E-state index contributed by atoms with van der Waals surface area (Å²) in [4.78, 5) is 14.7.